The van der Waals surface area contributed by atoms with Crippen molar-refractivity contribution in [1.29, 1.82) is 0 Å². The van der Waals surface area contributed by atoms with Gasteiger partial charge in [0.1, 0.15) is 6.04 Å². The van der Waals surface area contributed by atoms with Gasteiger partial charge in [-0.2, -0.15) is 0 Å². The van der Waals surface area contributed by atoms with Crippen molar-refractivity contribution in [2.24, 2.45) is 5.92 Å². The largest absolute Gasteiger partial charge is 0.454 e. The summed E-state index contributed by atoms with van der Waals surface area (Å²) in [4.78, 5) is 41.1. The van der Waals surface area contributed by atoms with Gasteiger partial charge in [0.25, 0.3) is 5.91 Å². The van der Waals surface area contributed by atoms with Crippen molar-refractivity contribution in [2.75, 3.05) is 19.9 Å². The van der Waals surface area contributed by atoms with E-state index >= 15 is 0 Å². The van der Waals surface area contributed by atoms with Gasteiger partial charge in [0.05, 0.1) is 13.0 Å². The number of carbonyl (C=O) groups is 3. The first-order valence-corrected chi connectivity index (χ1v) is 11.4. The molecule has 33 heavy (non-hydrogen) atoms. The van der Waals surface area contributed by atoms with Gasteiger partial charge in [-0.15, -0.1) is 0 Å². The smallest absolute Gasteiger partial charge is 0.325 e. The number of hydrogen-bond donors (Lipinski definition) is 1. The average molecular weight is 450 g/mol. The first-order valence-electron chi connectivity index (χ1n) is 11.4. The van der Waals surface area contributed by atoms with Crippen molar-refractivity contribution in [2.45, 2.75) is 38.3 Å². The SMILES string of the molecule is O=C(C[C@H]1NC(=O)N(Cc2ccc3c(c2)OCO3)C1=O)N1CCC(Cc2ccccc2)CC1. The summed E-state index contributed by atoms with van der Waals surface area (Å²) in [6.45, 7) is 1.66. The van der Waals surface area contributed by atoms with Gasteiger partial charge in [-0.3, -0.25) is 14.5 Å². The number of rotatable bonds is 6. The van der Waals surface area contributed by atoms with Crippen LogP contribution in [0.1, 0.15) is 30.4 Å². The maximum atomic E-state index is 12.8. The minimum atomic E-state index is -0.818. The van der Waals surface area contributed by atoms with Crippen LogP contribution in [0.25, 0.3) is 0 Å². The van der Waals surface area contributed by atoms with Crippen molar-refractivity contribution < 1.29 is 23.9 Å². The molecule has 5 rings (SSSR count). The molecule has 0 radical (unpaired) electrons. The van der Waals surface area contributed by atoms with Gasteiger partial charge in [-0.25, -0.2) is 4.79 Å². The quantitative estimate of drug-likeness (QED) is 0.685. The lowest BCUT2D eigenvalue weighted by Crippen LogP contribution is -2.43. The Morgan fingerprint density at radius 1 is 0.970 bits per heavy atom. The van der Waals surface area contributed by atoms with E-state index in [4.69, 9.17) is 9.47 Å². The lowest BCUT2D eigenvalue weighted by molar-refractivity contribution is -0.136. The second kappa shape index (κ2) is 9.13. The molecule has 8 nitrogen and oxygen atoms in total. The Balaban J connectivity index is 1.13. The van der Waals surface area contributed by atoms with Crippen LogP contribution in [-0.2, 0) is 22.6 Å². The first kappa shape index (κ1) is 21.3. The molecule has 4 amide bonds. The van der Waals surface area contributed by atoms with Gasteiger partial charge in [0, 0.05) is 13.1 Å². The third-order valence-electron chi connectivity index (χ3n) is 6.60. The number of imide groups is 1. The number of urea groups is 1. The topological polar surface area (TPSA) is 88.2 Å². The van der Waals surface area contributed by atoms with Crippen LogP contribution in [0.15, 0.2) is 48.5 Å². The highest BCUT2D eigenvalue weighted by molar-refractivity contribution is 6.05. The number of likely N-dealkylation sites (tertiary alicyclic amines) is 1. The molecular formula is C25H27N3O5. The fourth-order valence-electron chi connectivity index (χ4n) is 4.72. The van der Waals surface area contributed by atoms with Gasteiger partial charge >= 0.3 is 6.03 Å². The van der Waals surface area contributed by atoms with Crippen molar-refractivity contribution in [1.82, 2.24) is 15.1 Å². The zero-order valence-corrected chi connectivity index (χ0v) is 18.4. The summed E-state index contributed by atoms with van der Waals surface area (Å²) < 4.78 is 10.7. The van der Waals surface area contributed by atoms with E-state index in [1.807, 2.05) is 11.0 Å². The number of hydrogen-bond acceptors (Lipinski definition) is 5. The summed E-state index contributed by atoms with van der Waals surface area (Å²) in [6, 6.07) is 14.4. The molecule has 3 aliphatic rings. The van der Waals surface area contributed by atoms with E-state index in [2.05, 4.69) is 29.6 Å². The van der Waals surface area contributed by atoms with Crippen molar-refractivity contribution >= 4 is 17.8 Å². The van der Waals surface area contributed by atoms with E-state index in [0.29, 0.717) is 30.5 Å². The van der Waals surface area contributed by atoms with E-state index < -0.39 is 12.1 Å². The maximum Gasteiger partial charge on any atom is 0.325 e. The van der Waals surface area contributed by atoms with E-state index in [9.17, 15) is 14.4 Å². The third-order valence-corrected chi connectivity index (χ3v) is 6.60. The highest BCUT2D eigenvalue weighted by Gasteiger charge is 2.40. The predicted molar refractivity (Wildman–Crippen MR) is 120 cm³/mol. The molecule has 2 aromatic rings. The van der Waals surface area contributed by atoms with Crippen LogP contribution >= 0.6 is 0 Å². The molecule has 1 N–H and O–H groups in total. The summed E-state index contributed by atoms with van der Waals surface area (Å²) in [5, 5.41) is 2.67. The molecule has 0 bridgehead atoms. The van der Waals surface area contributed by atoms with Crippen LogP contribution in [0.5, 0.6) is 11.5 Å². The number of nitrogens with zero attached hydrogens (tertiary/aromatic N) is 2. The molecule has 3 heterocycles. The molecule has 2 saturated heterocycles. The fraction of sp³-hybridized carbons (Fsp3) is 0.400. The fourth-order valence-corrected chi connectivity index (χ4v) is 4.72. The summed E-state index contributed by atoms with van der Waals surface area (Å²) >= 11 is 0. The Labute approximate surface area is 192 Å². The highest BCUT2D eigenvalue weighted by Crippen LogP contribution is 2.33. The van der Waals surface area contributed by atoms with Gasteiger partial charge in [-0.05, 0) is 48.4 Å². The summed E-state index contributed by atoms with van der Waals surface area (Å²) in [6.07, 6.45) is 2.91. The van der Waals surface area contributed by atoms with E-state index in [1.165, 1.54) is 5.56 Å². The van der Waals surface area contributed by atoms with Crippen LogP contribution in [-0.4, -0.2) is 53.6 Å². The number of ether oxygens (including phenoxy) is 2. The van der Waals surface area contributed by atoms with Crippen molar-refractivity contribution in [3.63, 3.8) is 0 Å². The molecule has 172 valence electrons. The summed E-state index contributed by atoms with van der Waals surface area (Å²) in [5.41, 5.74) is 2.08. The van der Waals surface area contributed by atoms with Crippen molar-refractivity contribution in [3.8, 4) is 11.5 Å². The maximum absolute atomic E-state index is 12.8. The molecule has 0 aromatic heterocycles. The minimum absolute atomic E-state index is 0.00837. The predicted octanol–water partition coefficient (Wildman–Crippen LogP) is 2.71. The molecular weight excluding hydrogens is 422 g/mol. The zero-order valence-electron chi connectivity index (χ0n) is 18.4. The Bertz CT molecular complexity index is 1050. The lowest BCUT2D eigenvalue weighted by Gasteiger charge is -2.32. The number of benzene rings is 2. The molecule has 8 heteroatoms. The van der Waals surface area contributed by atoms with Gasteiger partial charge in [0.2, 0.25) is 12.7 Å². The Hall–Kier alpha value is -3.55. The number of piperidine rings is 1. The average Bonchev–Trinajstić information content (AvgIpc) is 3.40. The zero-order chi connectivity index (χ0) is 22.8. The van der Waals surface area contributed by atoms with Crippen LogP contribution in [0.4, 0.5) is 4.79 Å². The lowest BCUT2D eigenvalue weighted by atomic mass is 9.90. The van der Waals surface area contributed by atoms with E-state index in [1.54, 1.807) is 18.2 Å². The molecule has 0 aliphatic carbocycles. The Morgan fingerprint density at radius 2 is 1.73 bits per heavy atom. The summed E-state index contributed by atoms with van der Waals surface area (Å²) in [5.74, 6) is 1.34. The second-order valence-electron chi connectivity index (χ2n) is 8.83. The Morgan fingerprint density at radius 3 is 2.52 bits per heavy atom. The van der Waals surface area contributed by atoms with Gasteiger partial charge in [-0.1, -0.05) is 36.4 Å². The van der Waals surface area contributed by atoms with E-state index in [0.717, 1.165) is 29.7 Å². The second-order valence-corrected chi connectivity index (χ2v) is 8.83. The first-order chi connectivity index (χ1) is 16.1. The molecule has 3 aliphatic heterocycles. The normalized spacial score (nSPS) is 20.3. The molecule has 2 aromatic carbocycles. The minimum Gasteiger partial charge on any atom is -0.454 e. The van der Waals surface area contributed by atoms with Crippen LogP contribution in [0.3, 0.4) is 0 Å². The standard InChI is InChI=1S/C25H27N3O5/c29-23(27-10-8-18(9-11-27)12-17-4-2-1-3-5-17)14-20-24(30)28(25(31)26-20)15-19-6-7-21-22(13-19)33-16-32-21/h1-7,13,18,20H,8-12,14-16H2,(H,26,31)/t20-/m1/s1. The van der Waals surface area contributed by atoms with E-state index in [-0.39, 0.29) is 31.6 Å². The number of amides is 4. The van der Waals surface area contributed by atoms with Gasteiger partial charge in [0.15, 0.2) is 11.5 Å². The Kier molecular flexibility index (Phi) is 5.90. The molecule has 0 unspecified atom stereocenters. The van der Waals surface area contributed by atoms with Crippen LogP contribution in [0.2, 0.25) is 0 Å². The highest BCUT2D eigenvalue weighted by atomic mass is 16.7. The number of nitrogens with one attached hydrogen (secondary N) is 1. The monoisotopic (exact) mass is 449 g/mol. The third kappa shape index (κ3) is 4.65. The number of fused-ring (bicyclic) bond motifs is 1. The molecule has 0 saturated carbocycles. The molecule has 1 atom stereocenters. The van der Waals surface area contributed by atoms with Crippen LogP contribution < -0.4 is 14.8 Å². The van der Waals surface area contributed by atoms with Crippen molar-refractivity contribution in [3.05, 3.63) is 59.7 Å². The van der Waals surface area contributed by atoms with Crippen LogP contribution in [0, 0.1) is 5.92 Å². The molecule has 0 spiro atoms. The molecule has 2 fully saturated rings. The van der Waals surface area contributed by atoms with Gasteiger partial charge < -0.3 is 19.7 Å². The summed E-state index contributed by atoms with van der Waals surface area (Å²) in [7, 11) is 0. The number of carbonyl (C=O) groups excluding carboxylic acids is 3.